The van der Waals surface area contributed by atoms with E-state index in [1.807, 2.05) is 0 Å². The van der Waals surface area contributed by atoms with Crippen molar-refractivity contribution < 1.29 is 9.84 Å². The summed E-state index contributed by atoms with van der Waals surface area (Å²) in [6.07, 6.45) is 19.6. The van der Waals surface area contributed by atoms with E-state index in [0.29, 0.717) is 29.1 Å². The third kappa shape index (κ3) is 5.04. The molecule has 1 unspecified atom stereocenters. The summed E-state index contributed by atoms with van der Waals surface area (Å²) in [4.78, 5) is 4.95. The lowest BCUT2D eigenvalue weighted by Gasteiger charge is -2.44. The minimum absolute atomic E-state index is 0.273. The molecule has 4 saturated carbocycles. The quantitative estimate of drug-likeness (QED) is 0.346. The molecule has 3 nitrogen and oxygen atoms in total. The number of allylic oxidation sites excluding steroid dienone is 6. The highest BCUT2D eigenvalue weighted by Gasteiger charge is 2.60. The van der Waals surface area contributed by atoms with Crippen molar-refractivity contribution in [2.24, 2.45) is 45.4 Å². The molecule has 0 spiro atoms. The molecule has 1 heterocycles. The van der Waals surface area contributed by atoms with Crippen LogP contribution in [-0.2, 0) is 4.74 Å². The lowest BCUT2D eigenvalue weighted by molar-refractivity contribution is 0.0470. The van der Waals surface area contributed by atoms with Crippen LogP contribution in [0.1, 0.15) is 113 Å². The average molecular weight is 534 g/mol. The summed E-state index contributed by atoms with van der Waals surface area (Å²) in [6.45, 7) is 22.6. The van der Waals surface area contributed by atoms with Crippen LogP contribution in [0.2, 0.25) is 0 Å². The Morgan fingerprint density at radius 1 is 1.03 bits per heavy atom. The summed E-state index contributed by atoms with van der Waals surface area (Å²) in [5.74, 6) is 3.92. The second-order valence-corrected chi connectivity index (χ2v) is 15.4. The second-order valence-electron chi connectivity index (χ2n) is 15.4. The summed E-state index contributed by atoms with van der Waals surface area (Å²) in [5, 5.41) is 11.4. The van der Waals surface area contributed by atoms with Crippen LogP contribution in [-0.4, -0.2) is 28.2 Å². The van der Waals surface area contributed by atoms with E-state index in [1.54, 1.807) is 5.57 Å². The van der Waals surface area contributed by atoms with Gasteiger partial charge in [-0.05, 0) is 132 Å². The molecule has 0 aromatic rings. The van der Waals surface area contributed by atoms with Crippen molar-refractivity contribution in [2.75, 3.05) is 0 Å². The van der Waals surface area contributed by atoms with E-state index < -0.39 is 6.10 Å². The Balaban J connectivity index is 1.28. The highest BCUT2D eigenvalue weighted by molar-refractivity contribution is 5.88. The maximum absolute atomic E-state index is 11.4. The standard InChI is InChI=1S/C36H55NO2/c1-23-21-25(3)26(4)28(22-23)14-13-27-11-10-18-35(9)29(15-16-30(27)35)24(2)12-17-31(38)36(19-20-36)32-37-33(5,6)34(7,8)39-32/h12-14,17,23-25,29-31,38H,4,10-11,15-16,18-22H2,1-3,5-9H3/b17-12+,27-13+,28-14-/t23-,24+,25-,29+,30-,31?,35+/m0/s1. The normalized spacial score (nSPS) is 40.4. The van der Waals surface area contributed by atoms with Gasteiger partial charge in [0.2, 0.25) is 0 Å². The Morgan fingerprint density at radius 2 is 1.74 bits per heavy atom. The van der Waals surface area contributed by atoms with Gasteiger partial charge >= 0.3 is 0 Å². The third-order valence-electron chi connectivity index (χ3n) is 12.1. The number of rotatable bonds is 6. The van der Waals surface area contributed by atoms with E-state index in [4.69, 9.17) is 9.73 Å². The molecule has 5 rings (SSSR count). The number of ether oxygens (including phenoxy) is 1. The largest absolute Gasteiger partial charge is 0.472 e. The minimum atomic E-state index is -0.532. The van der Waals surface area contributed by atoms with Crippen LogP contribution < -0.4 is 0 Å². The molecule has 7 atom stereocenters. The molecule has 0 bridgehead atoms. The average Bonchev–Trinajstić information content (AvgIpc) is 3.53. The number of fused-ring (bicyclic) bond motifs is 1. The highest BCUT2D eigenvalue weighted by atomic mass is 16.5. The number of hydrogen-bond acceptors (Lipinski definition) is 3. The van der Waals surface area contributed by atoms with Crippen molar-refractivity contribution >= 4 is 5.90 Å². The lowest BCUT2D eigenvalue weighted by Crippen LogP contribution is -2.42. The van der Waals surface area contributed by atoms with Crippen LogP contribution in [0.15, 0.2) is 52.6 Å². The van der Waals surface area contributed by atoms with Crippen molar-refractivity contribution in [2.45, 2.75) is 130 Å². The van der Waals surface area contributed by atoms with Gasteiger partial charge in [0, 0.05) is 0 Å². The van der Waals surface area contributed by atoms with Gasteiger partial charge in [0.25, 0.3) is 0 Å². The predicted octanol–water partition coefficient (Wildman–Crippen LogP) is 9.00. The van der Waals surface area contributed by atoms with E-state index in [1.165, 1.54) is 56.1 Å². The van der Waals surface area contributed by atoms with Gasteiger partial charge in [-0.3, -0.25) is 0 Å². The van der Waals surface area contributed by atoms with Gasteiger partial charge in [0.15, 0.2) is 5.90 Å². The van der Waals surface area contributed by atoms with Crippen molar-refractivity contribution in [3.05, 3.63) is 47.6 Å². The molecule has 39 heavy (non-hydrogen) atoms. The van der Waals surface area contributed by atoms with E-state index in [9.17, 15) is 5.11 Å². The Hall–Kier alpha value is -1.61. The zero-order chi connectivity index (χ0) is 28.4. The van der Waals surface area contributed by atoms with E-state index in [0.717, 1.165) is 24.7 Å². The highest BCUT2D eigenvalue weighted by Crippen LogP contribution is 2.60. The van der Waals surface area contributed by atoms with Crippen molar-refractivity contribution in [1.82, 2.24) is 0 Å². The van der Waals surface area contributed by atoms with Crippen LogP contribution in [0.3, 0.4) is 0 Å². The summed E-state index contributed by atoms with van der Waals surface area (Å²) in [7, 11) is 0. The van der Waals surface area contributed by atoms with Crippen molar-refractivity contribution in [1.29, 1.82) is 0 Å². The lowest BCUT2D eigenvalue weighted by atomic mass is 9.61. The molecule has 4 fully saturated rings. The van der Waals surface area contributed by atoms with E-state index in [2.05, 4.69) is 86.3 Å². The van der Waals surface area contributed by atoms with Gasteiger partial charge in [-0.1, -0.05) is 64.2 Å². The third-order valence-corrected chi connectivity index (χ3v) is 12.1. The Kier molecular flexibility index (Phi) is 7.44. The smallest absolute Gasteiger partial charge is 0.193 e. The fourth-order valence-electron chi connectivity index (χ4n) is 8.54. The molecule has 0 aromatic carbocycles. The van der Waals surface area contributed by atoms with Crippen LogP contribution in [0.25, 0.3) is 0 Å². The van der Waals surface area contributed by atoms with Gasteiger partial charge in [-0.2, -0.15) is 0 Å². The topological polar surface area (TPSA) is 41.8 Å². The molecular formula is C36H55NO2. The predicted molar refractivity (Wildman–Crippen MR) is 164 cm³/mol. The molecular weight excluding hydrogens is 478 g/mol. The Morgan fingerprint density at radius 3 is 2.38 bits per heavy atom. The Labute approximate surface area is 239 Å². The van der Waals surface area contributed by atoms with Crippen LogP contribution in [0.4, 0.5) is 0 Å². The summed E-state index contributed by atoms with van der Waals surface area (Å²) in [5.41, 5.74) is 3.92. The maximum atomic E-state index is 11.4. The van der Waals surface area contributed by atoms with Crippen molar-refractivity contribution in [3.63, 3.8) is 0 Å². The minimum Gasteiger partial charge on any atom is -0.472 e. The Bertz CT molecular complexity index is 1100. The van der Waals surface area contributed by atoms with Gasteiger partial charge in [-0.15, -0.1) is 0 Å². The number of aliphatic imine (C=N–C) groups is 1. The number of aliphatic hydroxyl groups excluding tert-OH is 1. The van der Waals surface area contributed by atoms with Gasteiger partial charge in [-0.25, -0.2) is 4.99 Å². The summed E-state index contributed by atoms with van der Waals surface area (Å²) in [6, 6.07) is 0. The molecule has 0 amide bonds. The van der Waals surface area contributed by atoms with Gasteiger partial charge in [0.05, 0.1) is 17.1 Å². The fraction of sp³-hybridized carbons (Fsp3) is 0.750. The number of aliphatic hydroxyl groups is 1. The monoisotopic (exact) mass is 533 g/mol. The summed E-state index contributed by atoms with van der Waals surface area (Å²) < 4.78 is 6.34. The van der Waals surface area contributed by atoms with Crippen LogP contribution in [0.5, 0.6) is 0 Å². The molecule has 1 aliphatic heterocycles. The first kappa shape index (κ1) is 28.9. The van der Waals surface area contributed by atoms with Gasteiger partial charge < -0.3 is 9.84 Å². The maximum Gasteiger partial charge on any atom is 0.193 e. The molecule has 0 aromatic heterocycles. The van der Waals surface area contributed by atoms with Crippen LogP contribution >= 0.6 is 0 Å². The fourth-order valence-corrected chi connectivity index (χ4v) is 8.54. The zero-order valence-corrected chi connectivity index (χ0v) is 26.1. The molecule has 4 aliphatic carbocycles. The molecule has 0 saturated heterocycles. The van der Waals surface area contributed by atoms with E-state index >= 15 is 0 Å². The first-order valence-electron chi connectivity index (χ1n) is 15.9. The van der Waals surface area contributed by atoms with Crippen molar-refractivity contribution in [3.8, 4) is 0 Å². The van der Waals surface area contributed by atoms with Crippen LogP contribution in [0, 0.1) is 40.4 Å². The molecule has 216 valence electrons. The first-order chi connectivity index (χ1) is 18.2. The summed E-state index contributed by atoms with van der Waals surface area (Å²) >= 11 is 0. The number of nitrogens with zero attached hydrogens (tertiary/aromatic N) is 1. The SMILES string of the molecule is C=C1/C(=C\C=C2/CCC[C@]3(C)[C@@H]([C@H](C)/C=C/C(O)C4(C5=NC(C)(C)C(C)(C)O5)CC4)CC[C@@H]23)C[C@@H](C)C[C@@H]1C. The molecule has 5 aliphatic rings. The van der Waals surface area contributed by atoms with Gasteiger partial charge in [0.1, 0.15) is 5.60 Å². The molecule has 0 radical (unpaired) electrons. The second kappa shape index (κ2) is 10.0. The first-order valence-corrected chi connectivity index (χ1v) is 15.9. The molecule has 3 heteroatoms. The van der Waals surface area contributed by atoms with E-state index in [-0.39, 0.29) is 16.6 Å². The number of hydrogen-bond donors (Lipinski definition) is 1. The zero-order valence-electron chi connectivity index (χ0n) is 26.1. The molecule has 1 N–H and O–H groups in total.